The van der Waals surface area contributed by atoms with Crippen LogP contribution in [0.2, 0.25) is 0 Å². The normalized spacial score (nSPS) is 13.0. The zero-order chi connectivity index (χ0) is 20.8. The Hall–Kier alpha value is -3.13. The first-order chi connectivity index (χ1) is 14.0. The number of para-hydroxylation sites is 2. The standard InChI is InChI=1S/C21H20BrN3O4/c1-2-29-21(28)12-16-11-20(27)25(18-6-4-3-5-17(18)23-16)13-19(26)24-15-9-7-14(22)8-10-15/h3-11,23H,2,12-13H2,1H3,(H,24,26). The minimum atomic E-state index is -0.432. The maximum Gasteiger partial charge on any atom is 0.311 e. The molecule has 150 valence electrons. The van der Waals surface area contributed by atoms with Crippen molar-refractivity contribution in [1.82, 2.24) is 0 Å². The molecule has 0 saturated heterocycles. The van der Waals surface area contributed by atoms with E-state index in [4.69, 9.17) is 4.74 Å². The van der Waals surface area contributed by atoms with Gasteiger partial charge in [-0.2, -0.15) is 0 Å². The van der Waals surface area contributed by atoms with Crippen LogP contribution in [0.5, 0.6) is 0 Å². The van der Waals surface area contributed by atoms with E-state index >= 15 is 0 Å². The quantitative estimate of drug-likeness (QED) is 0.645. The van der Waals surface area contributed by atoms with E-state index in [0.29, 0.717) is 22.8 Å². The number of benzene rings is 2. The third-order valence-corrected chi connectivity index (χ3v) is 4.65. The minimum absolute atomic E-state index is 0.0627. The van der Waals surface area contributed by atoms with Crippen LogP contribution in [0.15, 0.2) is 64.8 Å². The van der Waals surface area contributed by atoms with Crippen molar-refractivity contribution in [2.75, 3.05) is 28.7 Å². The molecule has 8 heteroatoms. The van der Waals surface area contributed by atoms with Gasteiger partial charge in [-0.05, 0) is 43.3 Å². The number of esters is 1. The lowest BCUT2D eigenvalue weighted by atomic mass is 10.2. The Bertz CT molecular complexity index is 957. The zero-order valence-electron chi connectivity index (χ0n) is 15.8. The molecule has 1 aliphatic heterocycles. The third-order valence-electron chi connectivity index (χ3n) is 4.12. The number of ether oxygens (including phenoxy) is 1. The van der Waals surface area contributed by atoms with Crippen molar-refractivity contribution in [2.24, 2.45) is 0 Å². The maximum absolute atomic E-state index is 12.8. The van der Waals surface area contributed by atoms with Gasteiger partial charge in [-0.15, -0.1) is 0 Å². The average Bonchev–Trinajstić information content (AvgIpc) is 2.80. The molecule has 1 heterocycles. The fourth-order valence-electron chi connectivity index (χ4n) is 2.87. The molecule has 0 saturated carbocycles. The molecular formula is C21H20BrN3O4. The molecule has 29 heavy (non-hydrogen) atoms. The number of fused-ring (bicyclic) bond motifs is 1. The van der Waals surface area contributed by atoms with E-state index in [1.54, 1.807) is 37.3 Å². The van der Waals surface area contributed by atoms with Gasteiger partial charge >= 0.3 is 5.97 Å². The van der Waals surface area contributed by atoms with Crippen LogP contribution in [-0.4, -0.2) is 30.9 Å². The van der Waals surface area contributed by atoms with Gasteiger partial charge in [0.1, 0.15) is 6.54 Å². The van der Waals surface area contributed by atoms with Gasteiger partial charge in [-0.1, -0.05) is 28.1 Å². The fourth-order valence-corrected chi connectivity index (χ4v) is 3.14. The fraction of sp³-hybridized carbons (Fsp3) is 0.190. The molecule has 2 aromatic carbocycles. The summed E-state index contributed by atoms with van der Waals surface area (Å²) >= 11 is 3.35. The second kappa shape index (κ2) is 9.38. The van der Waals surface area contributed by atoms with E-state index in [1.165, 1.54) is 11.0 Å². The van der Waals surface area contributed by atoms with Gasteiger partial charge in [0.05, 0.1) is 24.4 Å². The molecule has 2 amide bonds. The van der Waals surface area contributed by atoms with E-state index in [2.05, 4.69) is 26.6 Å². The molecule has 2 aromatic rings. The van der Waals surface area contributed by atoms with Crippen LogP contribution in [-0.2, 0) is 19.1 Å². The maximum atomic E-state index is 12.8. The topological polar surface area (TPSA) is 87.7 Å². The first kappa shape index (κ1) is 20.6. The summed E-state index contributed by atoms with van der Waals surface area (Å²) in [5, 5.41) is 5.88. The average molecular weight is 458 g/mol. The zero-order valence-corrected chi connectivity index (χ0v) is 17.4. The molecular weight excluding hydrogens is 438 g/mol. The van der Waals surface area contributed by atoms with Crippen molar-refractivity contribution in [3.05, 3.63) is 64.8 Å². The summed E-state index contributed by atoms with van der Waals surface area (Å²) < 4.78 is 5.86. The molecule has 0 aliphatic carbocycles. The highest BCUT2D eigenvalue weighted by atomic mass is 79.9. The minimum Gasteiger partial charge on any atom is -0.466 e. The summed E-state index contributed by atoms with van der Waals surface area (Å²) in [7, 11) is 0. The van der Waals surface area contributed by atoms with Crippen LogP contribution in [0.4, 0.5) is 17.1 Å². The molecule has 0 spiro atoms. The van der Waals surface area contributed by atoms with Crippen molar-refractivity contribution in [3.63, 3.8) is 0 Å². The summed E-state index contributed by atoms with van der Waals surface area (Å²) in [5.74, 6) is -1.16. The summed E-state index contributed by atoms with van der Waals surface area (Å²) in [6, 6.07) is 14.3. The number of nitrogens with one attached hydrogen (secondary N) is 2. The second-order valence-electron chi connectivity index (χ2n) is 6.27. The number of rotatable bonds is 6. The van der Waals surface area contributed by atoms with Crippen LogP contribution in [0.3, 0.4) is 0 Å². The Balaban J connectivity index is 1.80. The SMILES string of the molecule is CCOC(=O)CC1=CC(=O)N(CC(=O)Nc2ccc(Br)cc2)c2ccccc2N1. The first-order valence-corrected chi connectivity index (χ1v) is 9.84. The lowest BCUT2D eigenvalue weighted by Gasteiger charge is -2.21. The lowest BCUT2D eigenvalue weighted by Crippen LogP contribution is -2.37. The van der Waals surface area contributed by atoms with Crippen LogP contribution in [0, 0.1) is 0 Å². The van der Waals surface area contributed by atoms with Crippen LogP contribution >= 0.6 is 15.9 Å². The molecule has 0 fully saturated rings. The third kappa shape index (κ3) is 5.45. The number of anilines is 3. The highest BCUT2D eigenvalue weighted by molar-refractivity contribution is 9.10. The van der Waals surface area contributed by atoms with Gasteiger partial charge in [0, 0.05) is 21.9 Å². The summed E-state index contributed by atoms with van der Waals surface area (Å²) in [5.41, 5.74) is 2.23. The molecule has 0 aromatic heterocycles. The molecule has 2 N–H and O–H groups in total. The predicted molar refractivity (Wildman–Crippen MR) is 115 cm³/mol. The van der Waals surface area contributed by atoms with Crippen molar-refractivity contribution in [1.29, 1.82) is 0 Å². The Morgan fingerprint density at radius 2 is 1.86 bits per heavy atom. The van der Waals surface area contributed by atoms with E-state index in [9.17, 15) is 14.4 Å². The number of carbonyl (C=O) groups is 3. The number of amides is 2. The first-order valence-electron chi connectivity index (χ1n) is 9.05. The Morgan fingerprint density at radius 3 is 2.59 bits per heavy atom. The Kier molecular flexibility index (Phi) is 6.66. The van der Waals surface area contributed by atoms with Crippen LogP contribution < -0.4 is 15.5 Å². The van der Waals surface area contributed by atoms with Crippen molar-refractivity contribution < 1.29 is 19.1 Å². The molecule has 3 rings (SSSR count). The largest absolute Gasteiger partial charge is 0.466 e. The van der Waals surface area contributed by atoms with E-state index < -0.39 is 11.9 Å². The van der Waals surface area contributed by atoms with Gasteiger partial charge in [-0.3, -0.25) is 19.3 Å². The number of hydrogen-bond donors (Lipinski definition) is 2. The molecule has 7 nitrogen and oxygen atoms in total. The molecule has 0 unspecified atom stereocenters. The van der Waals surface area contributed by atoms with Crippen molar-refractivity contribution >= 4 is 50.8 Å². The number of nitrogens with zero attached hydrogens (tertiary/aromatic N) is 1. The van der Waals surface area contributed by atoms with Gasteiger partial charge in [-0.25, -0.2) is 0 Å². The Morgan fingerprint density at radius 1 is 1.14 bits per heavy atom. The van der Waals surface area contributed by atoms with Gasteiger partial charge < -0.3 is 15.4 Å². The highest BCUT2D eigenvalue weighted by Gasteiger charge is 2.25. The van der Waals surface area contributed by atoms with Gasteiger partial charge in [0.2, 0.25) is 5.91 Å². The molecule has 0 radical (unpaired) electrons. The van der Waals surface area contributed by atoms with Crippen molar-refractivity contribution in [3.8, 4) is 0 Å². The summed E-state index contributed by atoms with van der Waals surface area (Å²) in [6.07, 6.45) is 1.26. The van der Waals surface area contributed by atoms with E-state index in [0.717, 1.165) is 4.47 Å². The van der Waals surface area contributed by atoms with Gasteiger partial charge in [0.25, 0.3) is 5.91 Å². The van der Waals surface area contributed by atoms with E-state index in [-0.39, 0.29) is 25.5 Å². The summed E-state index contributed by atoms with van der Waals surface area (Å²) in [6.45, 7) is 1.81. The highest BCUT2D eigenvalue weighted by Crippen LogP contribution is 2.30. The molecule has 1 aliphatic rings. The van der Waals surface area contributed by atoms with Crippen LogP contribution in [0.25, 0.3) is 0 Å². The Labute approximate surface area is 176 Å². The second-order valence-corrected chi connectivity index (χ2v) is 7.19. The summed E-state index contributed by atoms with van der Waals surface area (Å²) in [4.78, 5) is 38.6. The van der Waals surface area contributed by atoms with E-state index in [1.807, 2.05) is 18.2 Å². The monoisotopic (exact) mass is 457 g/mol. The van der Waals surface area contributed by atoms with Crippen LogP contribution in [0.1, 0.15) is 13.3 Å². The molecule has 0 atom stereocenters. The number of halogens is 1. The number of hydrogen-bond acceptors (Lipinski definition) is 5. The van der Waals surface area contributed by atoms with Gasteiger partial charge in [0.15, 0.2) is 0 Å². The predicted octanol–water partition coefficient (Wildman–Crippen LogP) is 3.68. The number of carbonyl (C=O) groups excluding carboxylic acids is 3. The molecule has 0 bridgehead atoms. The van der Waals surface area contributed by atoms with Crippen molar-refractivity contribution in [2.45, 2.75) is 13.3 Å². The smallest absolute Gasteiger partial charge is 0.311 e. The lowest BCUT2D eigenvalue weighted by molar-refractivity contribution is -0.142.